The van der Waals surface area contributed by atoms with Crippen molar-refractivity contribution >= 4 is 0 Å². The number of rotatable bonds is 0. The summed E-state index contributed by atoms with van der Waals surface area (Å²) in [6.45, 7) is 8.87. The Morgan fingerprint density at radius 1 is 0.375 bits per heavy atom. The third-order valence-electron chi connectivity index (χ3n) is 2.37. The second kappa shape index (κ2) is 14.8. The lowest BCUT2D eigenvalue weighted by Crippen LogP contribution is -2.34. The molecule has 1 saturated heterocycles. The van der Waals surface area contributed by atoms with E-state index >= 15 is 0 Å². The van der Waals surface area contributed by atoms with Crippen LogP contribution in [0.3, 0.4) is 0 Å². The molecule has 0 unspecified atom stereocenters. The Morgan fingerprint density at radius 2 is 0.625 bits per heavy atom. The lowest BCUT2D eigenvalue weighted by atomic mass is 10.3. The lowest BCUT2D eigenvalue weighted by Gasteiger charge is -2.10. The molecular weight excluding hydrogens is 200 g/mol. The normalized spacial score (nSPS) is 21.0. The maximum Gasteiger partial charge on any atom is 0.00767 e. The van der Waals surface area contributed by atoms with Crippen molar-refractivity contribution in [2.75, 3.05) is 52.4 Å². The first-order valence-corrected chi connectivity index (χ1v) is 5.83. The molecule has 0 amide bonds. The summed E-state index contributed by atoms with van der Waals surface area (Å²) in [6.07, 6.45) is 2.44. The van der Waals surface area contributed by atoms with Crippen molar-refractivity contribution < 1.29 is 0 Å². The maximum absolute atomic E-state index is 3.42. The fourth-order valence-corrected chi connectivity index (χ4v) is 1.53. The van der Waals surface area contributed by atoms with Gasteiger partial charge in [-0.15, -0.1) is 0 Å². The van der Waals surface area contributed by atoms with Gasteiger partial charge >= 0.3 is 0 Å². The first-order valence-electron chi connectivity index (χ1n) is 5.83. The van der Waals surface area contributed by atoms with Crippen LogP contribution in [-0.2, 0) is 0 Å². The van der Waals surface area contributed by atoms with Gasteiger partial charge in [-0.1, -0.05) is 14.9 Å². The number of nitrogens with one attached hydrogen (secondary N) is 4. The molecule has 4 N–H and O–H groups in total. The van der Waals surface area contributed by atoms with Gasteiger partial charge in [0.05, 0.1) is 0 Å². The van der Waals surface area contributed by atoms with E-state index in [-0.39, 0.29) is 14.9 Å². The molecule has 1 fully saturated rings. The highest BCUT2D eigenvalue weighted by molar-refractivity contribution is 4.58. The van der Waals surface area contributed by atoms with Crippen LogP contribution in [0.1, 0.15) is 27.7 Å². The average molecular weight is 232 g/mol. The van der Waals surface area contributed by atoms with E-state index in [0.717, 1.165) is 52.4 Å². The molecular formula is C12H32N4. The molecule has 16 heavy (non-hydrogen) atoms. The minimum atomic E-state index is 0. The molecule has 0 aromatic heterocycles. The highest BCUT2D eigenvalue weighted by Gasteiger charge is 1.93. The van der Waals surface area contributed by atoms with Gasteiger partial charge in [0.2, 0.25) is 0 Å². The molecule has 0 aromatic carbocycles. The maximum atomic E-state index is 3.42. The van der Waals surface area contributed by atoms with Gasteiger partial charge in [-0.25, -0.2) is 0 Å². The summed E-state index contributed by atoms with van der Waals surface area (Å²) in [4.78, 5) is 0. The van der Waals surface area contributed by atoms with Gasteiger partial charge in [-0.05, 0) is 39.0 Å². The monoisotopic (exact) mass is 232 g/mol. The highest BCUT2D eigenvalue weighted by Crippen LogP contribution is 1.76. The zero-order chi connectivity index (χ0) is 9.90. The summed E-state index contributed by atoms with van der Waals surface area (Å²) in [7, 11) is 0. The van der Waals surface area contributed by atoms with Gasteiger partial charge in [0.25, 0.3) is 0 Å². The largest absolute Gasteiger partial charge is 0.315 e. The fourth-order valence-electron chi connectivity index (χ4n) is 1.53. The van der Waals surface area contributed by atoms with E-state index in [4.69, 9.17) is 0 Å². The SMILES string of the molecule is C.C.C1CNCCNCCCNCCNC1. The second-order valence-corrected chi connectivity index (χ2v) is 3.71. The molecule has 4 nitrogen and oxygen atoms in total. The molecule has 0 aliphatic carbocycles. The van der Waals surface area contributed by atoms with E-state index in [1.54, 1.807) is 0 Å². The van der Waals surface area contributed by atoms with Crippen LogP contribution in [0, 0.1) is 0 Å². The Morgan fingerprint density at radius 3 is 0.875 bits per heavy atom. The van der Waals surface area contributed by atoms with Crippen LogP contribution in [-0.4, -0.2) is 52.4 Å². The van der Waals surface area contributed by atoms with Crippen molar-refractivity contribution in [2.45, 2.75) is 27.7 Å². The molecule has 0 atom stereocenters. The summed E-state index contributed by atoms with van der Waals surface area (Å²) in [6, 6.07) is 0. The van der Waals surface area contributed by atoms with Gasteiger partial charge in [-0.2, -0.15) is 0 Å². The van der Waals surface area contributed by atoms with Crippen LogP contribution < -0.4 is 21.3 Å². The summed E-state index contributed by atoms with van der Waals surface area (Å²) in [5, 5.41) is 13.7. The summed E-state index contributed by atoms with van der Waals surface area (Å²) < 4.78 is 0. The predicted molar refractivity (Wildman–Crippen MR) is 74.2 cm³/mol. The quantitative estimate of drug-likeness (QED) is 0.489. The smallest absolute Gasteiger partial charge is 0.00767 e. The molecule has 100 valence electrons. The number of hydrogen-bond donors (Lipinski definition) is 4. The minimum absolute atomic E-state index is 0. The molecule has 0 aromatic rings. The molecule has 0 spiro atoms. The van der Waals surface area contributed by atoms with Crippen LogP contribution >= 0.6 is 0 Å². The van der Waals surface area contributed by atoms with Crippen molar-refractivity contribution in [3.8, 4) is 0 Å². The molecule has 0 bridgehead atoms. The average Bonchev–Trinajstić information content (AvgIpc) is 2.22. The van der Waals surface area contributed by atoms with Gasteiger partial charge in [-0.3, -0.25) is 0 Å². The molecule has 0 saturated carbocycles. The van der Waals surface area contributed by atoms with E-state index in [2.05, 4.69) is 21.3 Å². The Labute approximate surface area is 102 Å². The molecule has 4 heteroatoms. The minimum Gasteiger partial charge on any atom is -0.315 e. The third-order valence-corrected chi connectivity index (χ3v) is 2.37. The first kappa shape index (κ1) is 18.2. The van der Waals surface area contributed by atoms with Gasteiger partial charge in [0.1, 0.15) is 0 Å². The van der Waals surface area contributed by atoms with E-state index < -0.39 is 0 Å². The molecule has 1 heterocycles. The molecule has 1 aliphatic rings. The Bertz CT molecular complexity index is 66.3. The summed E-state index contributed by atoms with van der Waals surface area (Å²) in [5.41, 5.74) is 0. The Kier molecular flexibility index (Phi) is 16.9. The van der Waals surface area contributed by atoms with Crippen molar-refractivity contribution in [3.63, 3.8) is 0 Å². The summed E-state index contributed by atoms with van der Waals surface area (Å²) in [5.74, 6) is 0. The molecule has 1 aliphatic heterocycles. The van der Waals surface area contributed by atoms with Crippen molar-refractivity contribution in [1.82, 2.24) is 21.3 Å². The standard InChI is InChI=1S/C10H24N4.2CH4/c1-3-11-7-9-13-5-2-6-14-10-8-12-4-1;;/h11-14H,1-10H2;2*1H4. The molecule has 1 rings (SSSR count). The third kappa shape index (κ3) is 11.9. The van der Waals surface area contributed by atoms with E-state index in [9.17, 15) is 0 Å². The van der Waals surface area contributed by atoms with Gasteiger partial charge in [0, 0.05) is 26.2 Å². The summed E-state index contributed by atoms with van der Waals surface area (Å²) >= 11 is 0. The van der Waals surface area contributed by atoms with E-state index in [1.165, 1.54) is 12.8 Å². The topological polar surface area (TPSA) is 48.1 Å². The first-order chi connectivity index (χ1) is 7.00. The van der Waals surface area contributed by atoms with Crippen molar-refractivity contribution in [2.24, 2.45) is 0 Å². The molecule has 0 radical (unpaired) electrons. The van der Waals surface area contributed by atoms with Crippen LogP contribution in [0.5, 0.6) is 0 Å². The van der Waals surface area contributed by atoms with Crippen LogP contribution in [0.4, 0.5) is 0 Å². The van der Waals surface area contributed by atoms with Gasteiger partial charge < -0.3 is 21.3 Å². The highest BCUT2D eigenvalue weighted by atomic mass is 15.0. The van der Waals surface area contributed by atoms with E-state index in [1.807, 2.05) is 0 Å². The van der Waals surface area contributed by atoms with Crippen LogP contribution in [0.2, 0.25) is 0 Å². The Balaban J connectivity index is 0. The van der Waals surface area contributed by atoms with Crippen molar-refractivity contribution in [3.05, 3.63) is 0 Å². The Hall–Kier alpha value is -0.160. The van der Waals surface area contributed by atoms with Crippen LogP contribution in [0.15, 0.2) is 0 Å². The van der Waals surface area contributed by atoms with Gasteiger partial charge in [0.15, 0.2) is 0 Å². The van der Waals surface area contributed by atoms with E-state index in [0.29, 0.717) is 0 Å². The van der Waals surface area contributed by atoms with Crippen molar-refractivity contribution in [1.29, 1.82) is 0 Å². The fraction of sp³-hybridized carbons (Fsp3) is 1.00. The van der Waals surface area contributed by atoms with Crippen LogP contribution in [0.25, 0.3) is 0 Å². The zero-order valence-electron chi connectivity index (χ0n) is 9.07. The predicted octanol–water partition coefficient (Wildman–Crippen LogP) is 0.411. The zero-order valence-corrected chi connectivity index (χ0v) is 9.07. The number of hydrogen-bond acceptors (Lipinski definition) is 4. The second-order valence-electron chi connectivity index (χ2n) is 3.71. The lowest BCUT2D eigenvalue weighted by molar-refractivity contribution is 0.530.